The van der Waals surface area contributed by atoms with E-state index < -0.39 is 0 Å². The van der Waals surface area contributed by atoms with Crippen LogP contribution in [0, 0.1) is 11.6 Å². The summed E-state index contributed by atoms with van der Waals surface area (Å²) in [5.74, 6) is 0.231. The molecule has 20 heavy (non-hydrogen) atoms. The van der Waals surface area contributed by atoms with Crippen molar-refractivity contribution in [1.82, 2.24) is 0 Å². The molecule has 2 aromatic rings. The molecular formula is C18H20F2. The van der Waals surface area contributed by atoms with Crippen LogP contribution in [0.3, 0.4) is 0 Å². The monoisotopic (exact) mass is 274 g/mol. The summed E-state index contributed by atoms with van der Waals surface area (Å²) in [4.78, 5) is 0. The molecule has 0 aliphatic heterocycles. The molecule has 0 aliphatic rings. The van der Waals surface area contributed by atoms with Crippen LogP contribution in [0.5, 0.6) is 0 Å². The zero-order valence-electron chi connectivity index (χ0n) is 11.9. The molecule has 0 radical (unpaired) electrons. The Kier molecular flexibility index (Phi) is 4.89. The van der Waals surface area contributed by atoms with Gasteiger partial charge in [-0.1, -0.05) is 38.1 Å². The molecule has 106 valence electrons. The Labute approximate surface area is 119 Å². The lowest BCUT2D eigenvalue weighted by atomic mass is 9.78. The van der Waals surface area contributed by atoms with Gasteiger partial charge in [-0.15, -0.1) is 0 Å². The summed E-state index contributed by atoms with van der Waals surface area (Å²) in [6.07, 6.45) is 1.95. The molecule has 2 rings (SSSR count). The molecule has 2 atom stereocenters. The third-order valence-corrected chi connectivity index (χ3v) is 3.96. The quantitative estimate of drug-likeness (QED) is 0.660. The SMILES string of the molecule is CC[C@H](c1ccc(F)cc1)[C@H](CC)c1ccc(F)cc1. The van der Waals surface area contributed by atoms with Gasteiger partial charge in [0.1, 0.15) is 11.6 Å². The van der Waals surface area contributed by atoms with E-state index in [9.17, 15) is 8.78 Å². The highest BCUT2D eigenvalue weighted by molar-refractivity contribution is 5.29. The van der Waals surface area contributed by atoms with E-state index in [1.807, 2.05) is 24.3 Å². The minimum atomic E-state index is -0.210. The minimum absolute atomic E-state index is 0.210. The Morgan fingerprint density at radius 3 is 1.20 bits per heavy atom. The highest BCUT2D eigenvalue weighted by Crippen LogP contribution is 2.37. The van der Waals surface area contributed by atoms with Crippen LogP contribution in [-0.2, 0) is 0 Å². The zero-order valence-corrected chi connectivity index (χ0v) is 11.9. The molecule has 0 unspecified atom stereocenters. The van der Waals surface area contributed by atoms with Gasteiger partial charge in [0.15, 0.2) is 0 Å². The van der Waals surface area contributed by atoms with Gasteiger partial charge in [0.2, 0.25) is 0 Å². The van der Waals surface area contributed by atoms with Crippen LogP contribution in [0.25, 0.3) is 0 Å². The van der Waals surface area contributed by atoms with E-state index in [4.69, 9.17) is 0 Å². The molecular weight excluding hydrogens is 254 g/mol. The maximum atomic E-state index is 13.1. The van der Waals surface area contributed by atoms with Crippen molar-refractivity contribution in [1.29, 1.82) is 0 Å². The fraction of sp³-hybridized carbons (Fsp3) is 0.333. The second-order valence-corrected chi connectivity index (χ2v) is 5.13. The van der Waals surface area contributed by atoms with E-state index in [-0.39, 0.29) is 11.6 Å². The summed E-state index contributed by atoms with van der Waals surface area (Å²) in [7, 11) is 0. The average molecular weight is 274 g/mol. The lowest BCUT2D eigenvalue weighted by Gasteiger charge is -2.26. The highest BCUT2D eigenvalue weighted by Gasteiger charge is 2.21. The van der Waals surface area contributed by atoms with E-state index in [0.29, 0.717) is 11.8 Å². The molecule has 0 saturated carbocycles. The molecule has 0 fully saturated rings. The van der Waals surface area contributed by atoms with Crippen LogP contribution in [0.2, 0.25) is 0 Å². The predicted molar refractivity (Wildman–Crippen MR) is 78.9 cm³/mol. The van der Waals surface area contributed by atoms with Crippen molar-refractivity contribution in [3.63, 3.8) is 0 Å². The maximum Gasteiger partial charge on any atom is 0.123 e. The first-order valence-corrected chi connectivity index (χ1v) is 7.16. The maximum absolute atomic E-state index is 13.1. The van der Waals surface area contributed by atoms with Crippen molar-refractivity contribution in [2.75, 3.05) is 0 Å². The number of hydrogen-bond acceptors (Lipinski definition) is 0. The van der Waals surface area contributed by atoms with Crippen molar-refractivity contribution in [2.24, 2.45) is 0 Å². The second kappa shape index (κ2) is 6.65. The van der Waals surface area contributed by atoms with E-state index in [1.54, 1.807) is 0 Å². The third-order valence-electron chi connectivity index (χ3n) is 3.96. The Balaban J connectivity index is 2.32. The number of hydrogen-bond donors (Lipinski definition) is 0. The fourth-order valence-corrected chi connectivity index (χ4v) is 2.93. The van der Waals surface area contributed by atoms with E-state index in [2.05, 4.69) is 13.8 Å². The van der Waals surface area contributed by atoms with Gasteiger partial charge in [-0.2, -0.15) is 0 Å². The summed E-state index contributed by atoms with van der Waals surface area (Å²) < 4.78 is 26.1. The first-order chi connectivity index (χ1) is 9.65. The molecule has 0 aromatic heterocycles. The topological polar surface area (TPSA) is 0 Å². The van der Waals surface area contributed by atoms with E-state index in [0.717, 1.165) is 24.0 Å². The van der Waals surface area contributed by atoms with Crippen LogP contribution < -0.4 is 0 Å². The molecule has 0 spiro atoms. The average Bonchev–Trinajstić information content (AvgIpc) is 2.47. The van der Waals surface area contributed by atoms with Crippen molar-refractivity contribution >= 4 is 0 Å². The van der Waals surface area contributed by atoms with Gasteiger partial charge in [0.05, 0.1) is 0 Å². The van der Waals surface area contributed by atoms with Crippen LogP contribution >= 0.6 is 0 Å². The summed E-state index contributed by atoms with van der Waals surface area (Å²) >= 11 is 0. The first-order valence-electron chi connectivity index (χ1n) is 7.16. The van der Waals surface area contributed by atoms with Crippen molar-refractivity contribution in [3.05, 3.63) is 71.3 Å². The van der Waals surface area contributed by atoms with Crippen LogP contribution in [-0.4, -0.2) is 0 Å². The van der Waals surface area contributed by atoms with Crippen LogP contribution in [0.15, 0.2) is 48.5 Å². The number of halogens is 2. The summed E-state index contributed by atoms with van der Waals surface area (Å²) in [5, 5.41) is 0. The Morgan fingerprint density at radius 2 is 0.950 bits per heavy atom. The molecule has 2 aromatic carbocycles. The summed E-state index contributed by atoms with van der Waals surface area (Å²) in [5.41, 5.74) is 2.29. The molecule has 0 amide bonds. The molecule has 0 nitrogen and oxygen atoms in total. The predicted octanol–water partition coefficient (Wildman–Crippen LogP) is 5.65. The molecule has 0 saturated heterocycles. The largest absolute Gasteiger partial charge is 0.207 e. The van der Waals surface area contributed by atoms with Crippen molar-refractivity contribution in [3.8, 4) is 0 Å². The molecule has 0 N–H and O–H groups in total. The number of rotatable bonds is 5. The first kappa shape index (κ1) is 14.7. The lowest BCUT2D eigenvalue weighted by Crippen LogP contribution is -2.10. The molecule has 2 heteroatoms. The standard InChI is InChI=1S/C18H20F2/c1-3-17(13-5-9-15(19)10-6-13)18(4-2)14-7-11-16(20)12-8-14/h5-12,17-18H,3-4H2,1-2H3/t17-,18-/m1/s1. The normalized spacial score (nSPS) is 14.0. The summed E-state index contributed by atoms with van der Waals surface area (Å²) in [6, 6.07) is 13.5. The fourth-order valence-electron chi connectivity index (χ4n) is 2.93. The Hall–Kier alpha value is -1.70. The Bertz CT molecular complexity index is 477. The zero-order chi connectivity index (χ0) is 14.5. The molecule has 0 bridgehead atoms. The van der Waals surface area contributed by atoms with Crippen molar-refractivity contribution < 1.29 is 8.78 Å². The molecule has 0 heterocycles. The van der Waals surface area contributed by atoms with Gasteiger partial charge >= 0.3 is 0 Å². The smallest absolute Gasteiger partial charge is 0.123 e. The van der Waals surface area contributed by atoms with Gasteiger partial charge in [-0.05, 0) is 60.1 Å². The van der Waals surface area contributed by atoms with Gasteiger partial charge in [-0.3, -0.25) is 0 Å². The number of benzene rings is 2. The van der Waals surface area contributed by atoms with Gasteiger partial charge < -0.3 is 0 Å². The van der Waals surface area contributed by atoms with E-state index in [1.165, 1.54) is 24.3 Å². The third kappa shape index (κ3) is 3.24. The Morgan fingerprint density at radius 1 is 0.650 bits per heavy atom. The lowest BCUT2D eigenvalue weighted by molar-refractivity contribution is 0.507. The minimum Gasteiger partial charge on any atom is -0.207 e. The van der Waals surface area contributed by atoms with Gasteiger partial charge in [0, 0.05) is 0 Å². The van der Waals surface area contributed by atoms with Gasteiger partial charge in [0.25, 0.3) is 0 Å². The van der Waals surface area contributed by atoms with E-state index >= 15 is 0 Å². The van der Waals surface area contributed by atoms with Crippen LogP contribution in [0.1, 0.15) is 49.7 Å². The highest BCUT2D eigenvalue weighted by atomic mass is 19.1. The van der Waals surface area contributed by atoms with Crippen LogP contribution in [0.4, 0.5) is 8.78 Å². The second-order valence-electron chi connectivity index (χ2n) is 5.13. The molecule has 0 aliphatic carbocycles. The van der Waals surface area contributed by atoms with Gasteiger partial charge in [-0.25, -0.2) is 8.78 Å². The van der Waals surface area contributed by atoms with Crippen molar-refractivity contribution in [2.45, 2.75) is 38.5 Å². The summed E-state index contributed by atoms with van der Waals surface area (Å²) in [6.45, 7) is 4.28.